The number of hydrogen-bond acceptors (Lipinski definition) is 3. The second-order valence-corrected chi connectivity index (χ2v) is 10.4. The molecule has 2 aliphatic rings. The van der Waals surface area contributed by atoms with Gasteiger partial charge in [-0.3, -0.25) is 4.79 Å². The van der Waals surface area contributed by atoms with Crippen LogP contribution in [0, 0.1) is 6.92 Å². The fourth-order valence-electron chi connectivity index (χ4n) is 4.49. The molecule has 4 rings (SSSR count). The first-order valence-corrected chi connectivity index (χ1v) is 11.1. The Balaban J connectivity index is 1.73. The zero-order valence-electron chi connectivity index (χ0n) is 16.0. The van der Waals surface area contributed by atoms with Gasteiger partial charge in [0.05, 0.1) is 16.6 Å². The molecule has 142 valence electrons. The third-order valence-electron chi connectivity index (χ3n) is 6.04. The van der Waals surface area contributed by atoms with E-state index < -0.39 is 15.8 Å². The molecule has 0 aliphatic carbocycles. The summed E-state index contributed by atoms with van der Waals surface area (Å²) in [6.45, 7) is 6.90. The zero-order chi connectivity index (χ0) is 19.4. The molecule has 0 unspecified atom stereocenters. The lowest BCUT2D eigenvalue weighted by molar-refractivity contribution is -0.140. The first kappa shape index (κ1) is 18.2. The molecule has 4 nitrogen and oxygen atoms in total. The van der Waals surface area contributed by atoms with Crippen LogP contribution in [0.1, 0.15) is 48.4 Å². The highest BCUT2D eigenvalue weighted by Gasteiger charge is 2.42. The molecule has 0 N–H and O–H groups in total. The van der Waals surface area contributed by atoms with Crippen LogP contribution in [0.4, 0.5) is 0 Å². The largest absolute Gasteiger partial charge is 0.332 e. The van der Waals surface area contributed by atoms with Crippen molar-refractivity contribution in [3.8, 4) is 0 Å². The predicted octanol–water partition coefficient (Wildman–Crippen LogP) is 3.62. The molecule has 5 heteroatoms. The van der Waals surface area contributed by atoms with Crippen molar-refractivity contribution in [1.82, 2.24) is 4.90 Å². The molecule has 2 aromatic rings. The number of aryl methyl sites for hydroxylation is 1. The summed E-state index contributed by atoms with van der Waals surface area (Å²) < 4.78 is 24.8. The van der Waals surface area contributed by atoms with Crippen molar-refractivity contribution < 1.29 is 13.2 Å². The minimum atomic E-state index is -3.29. The van der Waals surface area contributed by atoms with Crippen LogP contribution in [0.15, 0.2) is 47.4 Å². The molecule has 0 saturated heterocycles. The maximum Gasteiger partial charge on any atom is 0.230 e. The van der Waals surface area contributed by atoms with Gasteiger partial charge in [0.15, 0.2) is 9.84 Å². The number of carbonyl (C=O) groups excluding carboxylic acids is 1. The SMILES string of the molecule is Cc1cccc2c1CC(C)(C)N(C(=O)[C@H]1CCS(=O)(=O)c3ccccc31)C2. The summed E-state index contributed by atoms with van der Waals surface area (Å²) >= 11 is 0. The van der Waals surface area contributed by atoms with Crippen LogP contribution in [0.3, 0.4) is 0 Å². The summed E-state index contributed by atoms with van der Waals surface area (Å²) in [4.78, 5) is 15.8. The van der Waals surface area contributed by atoms with Crippen LogP contribution >= 0.6 is 0 Å². The summed E-state index contributed by atoms with van der Waals surface area (Å²) in [5, 5.41) is 0. The van der Waals surface area contributed by atoms with Crippen molar-refractivity contribution in [3.63, 3.8) is 0 Å². The number of benzene rings is 2. The Morgan fingerprint density at radius 3 is 2.63 bits per heavy atom. The summed E-state index contributed by atoms with van der Waals surface area (Å²) in [7, 11) is -3.29. The average molecular weight is 384 g/mol. The summed E-state index contributed by atoms with van der Waals surface area (Å²) in [5.41, 5.74) is 4.14. The van der Waals surface area contributed by atoms with E-state index in [0.29, 0.717) is 23.4 Å². The lowest BCUT2D eigenvalue weighted by Gasteiger charge is -2.45. The maximum atomic E-state index is 13.6. The van der Waals surface area contributed by atoms with E-state index in [4.69, 9.17) is 0 Å². The van der Waals surface area contributed by atoms with Gasteiger partial charge in [-0.1, -0.05) is 36.4 Å². The number of sulfone groups is 1. The molecule has 0 bridgehead atoms. The lowest BCUT2D eigenvalue weighted by atomic mass is 9.82. The monoisotopic (exact) mass is 383 g/mol. The van der Waals surface area contributed by atoms with E-state index in [1.807, 2.05) is 17.0 Å². The predicted molar refractivity (Wildman–Crippen MR) is 105 cm³/mol. The van der Waals surface area contributed by atoms with Crippen LogP contribution in [0.5, 0.6) is 0 Å². The lowest BCUT2D eigenvalue weighted by Crippen LogP contribution is -2.53. The van der Waals surface area contributed by atoms with E-state index in [1.54, 1.807) is 18.2 Å². The third-order valence-corrected chi connectivity index (χ3v) is 7.86. The number of hydrogen-bond donors (Lipinski definition) is 0. The zero-order valence-corrected chi connectivity index (χ0v) is 16.8. The van der Waals surface area contributed by atoms with Crippen molar-refractivity contribution in [2.45, 2.75) is 56.5 Å². The number of fused-ring (bicyclic) bond motifs is 2. The highest BCUT2D eigenvalue weighted by atomic mass is 32.2. The van der Waals surface area contributed by atoms with Crippen LogP contribution < -0.4 is 0 Å². The van der Waals surface area contributed by atoms with E-state index in [9.17, 15) is 13.2 Å². The van der Waals surface area contributed by atoms with Gasteiger partial charge in [-0.05, 0) is 61.9 Å². The third kappa shape index (κ3) is 2.98. The van der Waals surface area contributed by atoms with Gasteiger partial charge in [0.25, 0.3) is 0 Å². The summed E-state index contributed by atoms with van der Waals surface area (Å²) in [6.07, 6.45) is 1.17. The normalized spacial score (nSPS) is 22.6. The van der Waals surface area contributed by atoms with Crippen molar-refractivity contribution >= 4 is 15.7 Å². The molecule has 27 heavy (non-hydrogen) atoms. The Morgan fingerprint density at radius 1 is 1.11 bits per heavy atom. The second-order valence-electron chi connectivity index (χ2n) is 8.32. The first-order chi connectivity index (χ1) is 12.7. The highest BCUT2D eigenvalue weighted by Crippen LogP contribution is 2.39. The molecule has 2 heterocycles. The van der Waals surface area contributed by atoms with Gasteiger partial charge in [0, 0.05) is 12.1 Å². The summed E-state index contributed by atoms with van der Waals surface area (Å²) in [6, 6.07) is 13.2. The van der Waals surface area contributed by atoms with E-state index in [2.05, 4.69) is 32.9 Å². The molecule has 0 spiro atoms. The fourth-order valence-corrected chi connectivity index (χ4v) is 6.11. The average Bonchev–Trinajstić information content (AvgIpc) is 2.61. The van der Waals surface area contributed by atoms with Gasteiger partial charge >= 0.3 is 0 Å². The Kier molecular flexibility index (Phi) is 4.18. The van der Waals surface area contributed by atoms with Crippen LogP contribution in [-0.2, 0) is 27.6 Å². The summed E-state index contributed by atoms with van der Waals surface area (Å²) in [5.74, 6) is -0.324. The Morgan fingerprint density at radius 2 is 1.85 bits per heavy atom. The molecule has 1 amide bonds. The quantitative estimate of drug-likeness (QED) is 0.756. The van der Waals surface area contributed by atoms with Gasteiger partial charge < -0.3 is 4.90 Å². The van der Waals surface area contributed by atoms with Crippen LogP contribution in [0.25, 0.3) is 0 Å². The van der Waals surface area contributed by atoms with Gasteiger partial charge in [0.1, 0.15) is 0 Å². The van der Waals surface area contributed by atoms with E-state index in [0.717, 1.165) is 6.42 Å². The van der Waals surface area contributed by atoms with E-state index in [-0.39, 0.29) is 17.2 Å². The van der Waals surface area contributed by atoms with Gasteiger partial charge in [-0.2, -0.15) is 0 Å². The molecule has 2 aromatic carbocycles. The van der Waals surface area contributed by atoms with Crippen molar-refractivity contribution in [3.05, 3.63) is 64.7 Å². The van der Waals surface area contributed by atoms with Crippen LogP contribution in [0.2, 0.25) is 0 Å². The first-order valence-electron chi connectivity index (χ1n) is 9.41. The smallest absolute Gasteiger partial charge is 0.230 e. The highest BCUT2D eigenvalue weighted by molar-refractivity contribution is 7.91. The van der Waals surface area contributed by atoms with E-state index >= 15 is 0 Å². The number of carbonyl (C=O) groups is 1. The topological polar surface area (TPSA) is 54.5 Å². The molecule has 1 atom stereocenters. The number of nitrogens with zero attached hydrogens (tertiary/aromatic N) is 1. The molecule has 0 fully saturated rings. The Hall–Kier alpha value is -2.14. The van der Waals surface area contributed by atoms with Gasteiger partial charge in [0.2, 0.25) is 5.91 Å². The second kappa shape index (κ2) is 6.20. The fraction of sp³-hybridized carbons (Fsp3) is 0.409. The van der Waals surface area contributed by atoms with Gasteiger partial charge in [-0.15, -0.1) is 0 Å². The van der Waals surface area contributed by atoms with Crippen molar-refractivity contribution in [2.75, 3.05) is 5.75 Å². The maximum absolute atomic E-state index is 13.6. The molecule has 2 aliphatic heterocycles. The molecular weight excluding hydrogens is 358 g/mol. The molecule has 0 radical (unpaired) electrons. The van der Waals surface area contributed by atoms with Crippen LogP contribution in [-0.4, -0.2) is 30.5 Å². The van der Waals surface area contributed by atoms with E-state index in [1.165, 1.54) is 16.7 Å². The number of amides is 1. The van der Waals surface area contributed by atoms with Crippen molar-refractivity contribution in [1.29, 1.82) is 0 Å². The van der Waals surface area contributed by atoms with Gasteiger partial charge in [-0.25, -0.2) is 8.42 Å². The standard InChI is InChI=1S/C22H25NO3S/c1-15-7-6-8-16-14-23(22(2,3)13-19(15)16)21(24)18-11-12-27(25,26)20-10-5-4-9-17(18)20/h4-10,18H,11-14H2,1-3H3/t18-/m0/s1. The number of rotatable bonds is 1. The molecule has 0 aromatic heterocycles. The van der Waals surface area contributed by atoms with Crippen molar-refractivity contribution in [2.24, 2.45) is 0 Å². The molecule has 0 saturated carbocycles. The Bertz CT molecular complexity index is 1020. The Labute approximate surface area is 161 Å². The minimum absolute atomic E-state index is 0.0321. The minimum Gasteiger partial charge on any atom is -0.332 e. The molecular formula is C22H25NO3S.